The van der Waals surface area contributed by atoms with E-state index in [2.05, 4.69) is 16.5 Å². The number of hydrogen-bond donors (Lipinski definition) is 0. The zero-order valence-electron chi connectivity index (χ0n) is 17.2. The molecule has 0 saturated carbocycles. The number of nitrogens with zero attached hydrogens (tertiary/aromatic N) is 5. The van der Waals surface area contributed by atoms with Crippen molar-refractivity contribution < 1.29 is 19.2 Å². The van der Waals surface area contributed by atoms with Crippen molar-refractivity contribution in [3.05, 3.63) is 78.1 Å². The van der Waals surface area contributed by atoms with Gasteiger partial charge in [-0.15, -0.1) is 0 Å². The van der Waals surface area contributed by atoms with Crippen LogP contribution in [0, 0.1) is 16.0 Å². The lowest BCUT2D eigenvalue weighted by atomic mass is 9.97. The number of anilines is 1. The highest BCUT2D eigenvalue weighted by Gasteiger charge is 2.30. The smallest absolute Gasteiger partial charge is 0.313 e. The van der Waals surface area contributed by atoms with Gasteiger partial charge >= 0.3 is 11.7 Å². The molecule has 4 rings (SSSR count). The lowest BCUT2D eigenvalue weighted by Gasteiger charge is -2.31. The molecule has 164 valence electrons. The fourth-order valence-electron chi connectivity index (χ4n) is 3.58. The fraction of sp³-hybridized carbons (Fsp3) is 0.227. The van der Waals surface area contributed by atoms with E-state index < -0.39 is 4.92 Å². The highest BCUT2D eigenvalue weighted by atomic mass is 16.6. The number of ether oxygens (including phenoxy) is 2. The van der Waals surface area contributed by atoms with E-state index in [1.807, 2.05) is 22.9 Å². The summed E-state index contributed by atoms with van der Waals surface area (Å²) in [6, 6.07) is 10.2. The molecule has 10 nitrogen and oxygen atoms in total. The van der Waals surface area contributed by atoms with Crippen LogP contribution in [-0.2, 0) is 9.53 Å². The van der Waals surface area contributed by atoms with Gasteiger partial charge in [-0.25, -0.2) is 4.98 Å². The Balaban J connectivity index is 1.50. The van der Waals surface area contributed by atoms with Gasteiger partial charge in [0.2, 0.25) is 11.7 Å². The van der Waals surface area contributed by atoms with Gasteiger partial charge in [0.15, 0.2) is 0 Å². The van der Waals surface area contributed by atoms with E-state index in [0.29, 0.717) is 31.7 Å². The van der Waals surface area contributed by atoms with Gasteiger partial charge in [0, 0.05) is 43.3 Å². The van der Waals surface area contributed by atoms with Crippen LogP contribution in [0.4, 0.5) is 11.5 Å². The molecule has 0 N–H and O–H groups in total. The first kappa shape index (κ1) is 21.0. The lowest BCUT2D eigenvalue weighted by molar-refractivity contribution is -0.384. The van der Waals surface area contributed by atoms with Crippen molar-refractivity contribution >= 4 is 17.5 Å². The number of hydrogen-bond acceptors (Lipinski definition) is 8. The standard InChI is InChI=1S/C22H21N5O5/c1-2-31-22(28)16-9-12-25(13-10-16)21-19(27(29)30)7-8-20(24-21)32-18-5-3-17(4-6-18)26-14-11-23-15-26/h2-8,11,14-16H,1,9-10,12-13H2. The summed E-state index contributed by atoms with van der Waals surface area (Å²) in [5.74, 6) is 0.411. The maximum Gasteiger partial charge on any atom is 0.313 e. The summed E-state index contributed by atoms with van der Waals surface area (Å²) in [5, 5.41) is 11.5. The average molecular weight is 435 g/mol. The quantitative estimate of drug-likeness (QED) is 0.238. The van der Waals surface area contributed by atoms with Crippen LogP contribution < -0.4 is 9.64 Å². The molecule has 0 unspecified atom stereocenters. The molecule has 10 heteroatoms. The van der Waals surface area contributed by atoms with Crippen LogP contribution >= 0.6 is 0 Å². The summed E-state index contributed by atoms with van der Waals surface area (Å²) in [4.78, 5) is 33.2. The summed E-state index contributed by atoms with van der Waals surface area (Å²) < 4.78 is 12.6. The van der Waals surface area contributed by atoms with Gasteiger partial charge in [0.05, 0.1) is 23.4 Å². The lowest BCUT2D eigenvalue weighted by Crippen LogP contribution is -2.37. The second-order valence-corrected chi connectivity index (χ2v) is 7.18. The van der Waals surface area contributed by atoms with Crippen molar-refractivity contribution in [2.45, 2.75) is 12.8 Å². The number of aromatic nitrogens is 3. The minimum atomic E-state index is -0.468. The van der Waals surface area contributed by atoms with Crippen LogP contribution in [0.15, 0.2) is 68.0 Å². The van der Waals surface area contributed by atoms with Crippen molar-refractivity contribution in [2.75, 3.05) is 18.0 Å². The number of benzene rings is 1. The second kappa shape index (κ2) is 9.29. The predicted octanol–water partition coefficient (Wildman–Crippen LogP) is 3.87. The number of imidazole rings is 1. The number of piperidine rings is 1. The van der Waals surface area contributed by atoms with E-state index in [1.54, 1.807) is 29.6 Å². The van der Waals surface area contributed by atoms with Crippen molar-refractivity contribution in [1.29, 1.82) is 0 Å². The van der Waals surface area contributed by atoms with Gasteiger partial charge in [-0.05, 0) is 37.1 Å². The van der Waals surface area contributed by atoms with Crippen LogP contribution in [0.3, 0.4) is 0 Å². The van der Waals surface area contributed by atoms with Crippen LogP contribution in [0.1, 0.15) is 12.8 Å². The molecule has 3 aromatic rings. The van der Waals surface area contributed by atoms with Crippen molar-refractivity contribution in [2.24, 2.45) is 5.92 Å². The number of pyridine rings is 1. The summed E-state index contributed by atoms with van der Waals surface area (Å²) in [6.45, 7) is 4.27. The van der Waals surface area contributed by atoms with Crippen LogP contribution in [0.25, 0.3) is 5.69 Å². The van der Waals surface area contributed by atoms with Gasteiger partial charge in [-0.2, -0.15) is 4.98 Å². The van der Waals surface area contributed by atoms with Crippen LogP contribution in [0.2, 0.25) is 0 Å². The molecular formula is C22H21N5O5. The van der Waals surface area contributed by atoms with E-state index in [9.17, 15) is 14.9 Å². The highest BCUT2D eigenvalue weighted by molar-refractivity contribution is 5.73. The van der Waals surface area contributed by atoms with Gasteiger partial charge in [0.25, 0.3) is 0 Å². The number of carbonyl (C=O) groups excluding carboxylic acids is 1. The Morgan fingerprint density at radius 3 is 2.56 bits per heavy atom. The number of carbonyl (C=O) groups is 1. The summed E-state index contributed by atoms with van der Waals surface area (Å²) in [6.07, 6.45) is 7.35. The van der Waals surface area contributed by atoms with Crippen molar-refractivity contribution in [3.63, 3.8) is 0 Å². The molecule has 0 radical (unpaired) electrons. The maximum atomic E-state index is 11.9. The fourth-order valence-corrected chi connectivity index (χ4v) is 3.58. The molecule has 1 aliphatic rings. The molecule has 0 aliphatic carbocycles. The molecule has 2 aromatic heterocycles. The topological polar surface area (TPSA) is 113 Å². The highest BCUT2D eigenvalue weighted by Crippen LogP contribution is 2.33. The Labute approximate surface area is 183 Å². The molecule has 0 bridgehead atoms. The summed E-state index contributed by atoms with van der Waals surface area (Å²) in [7, 11) is 0. The normalized spacial score (nSPS) is 14.1. The third kappa shape index (κ3) is 4.59. The molecule has 1 fully saturated rings. The Morgan fingerprint density at radius 1 is 1.19 bits per heavy atom. The molecule has 0 amide bonds. The molecule has 0 spiro atoms. The zero-order valence-corrected chi connectivity index (χ0v) is 17.2. The average Bonchev–Trinajstić information content (AvgIpc) is 3.35. The Morgan fingerprint density at radius 2 is 1.94 bits per heavy atom. The van der Waals surface area contributed by atoms with Gasteiger partial charge in [0.1, 0.15) is 5.75 Å². The Hall–Kier alpha value is -4.21. The van der Waals surface area contributed by atoms with E-state index in [-0.39, 0.29) is 29.3 Å². The minimum Gasteiger partial charge on any atom is -0.439 e. The molecule has 0 atom stereocenters. The van der Waals surface area contributed by atoms with E-state index in [1.165, 1.54) is 12.1 Å². The Kier molecular flexibility index (Phi) is 6.11. The molecule has 32 heavy (non-hydrogen) atoms. The maximum absolute atomic E-state index is 11.9. The number of rotatable bonds is 7. The van der Waals surface area contributed by atoms with E-state index >= 15 is 0 Å². The number of nitro groups is 1. The van der Waals surface area contributed by atoms with Crippen molar-refractivity contribution in [3.8, 4) is 17.3 Å². The van der Waals surface area contributed by atoms with Gasteiger partial charge in [-0.1, -0.05) is 6.58 Å². The molecule has 1 saturated heterocycles. The van der Waals surface area contributed by atoms with Crippen LogP contribution in [0.5, 0.6) is 11.6 Å². The Bertz CT molecular complexity index is 1110. The number of esters is 1. The molecular weight excluding hydrogens is 414 g/mol. The largest absolute Gasteiger partial charge is 0.439 e. The first-order chi connectivity index (χ1) is 15.5. The van der Waals surface area contributed by atoms with Gasteiger partial charge in [-0.3, -0.25) is 14.9 Å². The molecule has 1 aromatic carbocycles. The van der Waals surface area contributed by atoms with Crippen molar-refractivity contribution in [1.82, 2.24) is 14.5 Å². The van der Waals surface area contributed by atoms with Gasteiger partial charge < -0.3 is 18.9 Å². The molecule has 1 aliphatic heterocycles. The first-order valence-electron chi connectivity index (χ1n) is 10.0. The third-order valence-electron chi connectivity index (χ3n) is 5.21. The monoisotopic (exact) mass is 435 g/mol. The minimum absolute atomic E-state index is 0.111. The predicted molar refractivity (Wildman–Crippen MR) is 116 cm³/mol. The molecule has 3 heterocycles. The summed E-state index contributed by atoms with van der Waals surface area (Å²) in [5.41, 5.74) is 0.810. The SMILES string of the molecule is C=COC(=O)C1CCN(c2nc(Oc3ccc(-n4ccnc4)cc3)ccc2[N+](=O)[O-])CC1. The second-order valence-electron chi connectivity index (χ2n) is 7.18. The van der Waals surface area contributed by atoms with E-state index in [4.69, 9.17) is 9.47 Å². The third-order valence-corrected chi connectivity index (χ3v) is 5.21. The van der Waals surface area contributed by atoms with Crippen LogP contribution in [-0.4, -0.2) is 38.5 Å². The van der Waals surface area contributed by atoms with E-state index in [0.717, 1.165) is 11.9 Å². The summed E-state index contributed by atoms with van der Waals surface area (Å²) >= 11 is 0. The zero-order chi connectivity index (χ0) is 22.5. The first-order valence-corrected chi connectivity index (χ1v) is 10.0.